The van der Waals surface area contributed by atoms with Crippen LogP contribution in [0, 0.1) is 6.92 Å². The third kappa shape index (κ3) is 2.27. The standard InChI is InChI=1S/C12H17N3O/c1-4-15-8-11(7-13-15)14-10(3)12-6-5-9(2)16-12/h5-8,10,14H,4H2,1-3H3. The van der Waals surface area contributed by atoms with Crippen LogP contribution in [0.3, 0.4) is 0 Å². The normalized spacial score (nSPS) is 12.7. The fourth-order valence-corrected chi connectivity index (χ4v) is 1.62. The molecule has 2 aromatic rings. The second-order valence-electron chi connectivity index (χ2n) is 3.90. The maximum Gasteiger partial charge on any atom is 0.126 e. The summed E-state index contributed by atoms with van der Waals surface area (Å²) in [5.74, 6) is 1.88. The van der Waals surface area contributed by atoms with Gasteiger partial charge in [0.25, 0.3) is 0 Å². The Bertz CT molecular complexity index is 458. The van der Waals surface area contributed by atoms with Gasteiger partial charge in [-0.05, 0) is 32.9 Å². The van der Waals surface area contributed by atoms with Crippen molar-refractivity contribution in [2.45, 2.75) is 33.4 Å². The molecule has 0 radical (unpaired) electrons. The zero-order valence-corrected chi connectivity index (χ0v) is 9.90. The molecule has 86 valence electrons. The molecule has 1 unspecified atom stereocenters. The van der Waals surface area contributed by atoms with Gasteiger partial charge < -0.3 is 9.73 Å². The molecule has 0 aliphatic carbocycles. The van der Waals surface area contributed by atoms with Crippen LogP contribution in [0.25, 0.3) is 0 Å². The van der Waals surface area contributed by atoms with Crippen LogP contribution >= 0.6 is 0 Å². The maximum atomic E-state index is 5.56. The van der Waals surface area contributed by atoms with E-state index in [1.165, 1.54) is 0 Å². The van der Waals surface area contributed by atoms with E-state index in [4.69, 9.17) is 4.42 Å². The summed E-state index contributed by atoms with van der Waals surface area (Å²) in [6.45, 7) is 6.97. The number of hydrogen-bond donors (Lipinski definition) is 1. The number of nitrogens with one attached hydrogen (secondary N) is 1. The summed E-state index contributed by atoms with van der Waals surface area (Å²) in [5, 5.41) is 7.56. The zero-order valence-electron chi connectivity index (χ0n) is 9.90. The molecule has 2 rings (SSSR count). The predicted octanol–water partition coefficient (Wildman–Crippen LogP) is 2.98. The van der Waals surface area contributed by atoms with E-state index >= 15 is 0 Å². The molecule has 0 amide bonds. The quantitative estimate of drug-likeness (QED) is 0.859. The Labute approximate surface area is 95.3 Å². The Kier molecular flexibility index (Phi) is 2.99. The van der Waals surface area contributed by atoms with Gasteiger partial charge >= 0.3 is 0 Å². The summed E-state index contributed by atoms with van der Waals surface area (Å²) in [5.41, 5.74) is 1.02. The maximum absolute atomic E-state index is 5.56. The summed E-state index contributed by atoms with van der Waals surface area (Å²) in [6.07, 6.45) is 3.82. The lowest BCUT2D eigenvalue weighted by Crippen LogP contribution is -2.04. The first-order valence-electron chi connectivity index (χ1n) is 5.54. The van der Waals surface area contributed by atoms with Crippen molar-refractivity contribution in [1.29, 1.82) is 0 Å². The van der Waals surface area contributed by atoms with Gasteiger partial charge in [-0.1, -0.05) is 0 Å². The van der Waals surface area contributed by atoms with Crippen LogP contribution < -0.4 is 5.32 Å². The molecule has 0 saturated heterocycles. The average Bonchev–Trinajstić information content (AvgIpc) is 2.87. The molecule has 16 heavy (non-hydrogen) atoms. The van der Waals surface area contributed by atoms with Crippen LogP contribution in [0.15, 0.2) is 28.9 Å². The second-order valence-corrected chi connectivity index (χ2v) is 3.90. The summed E-state index contributed by atoms with van der Waals surface area (Å²) in [6, 6.07) is 4.13. The van der Waals surface area contributed by atoms with E-state index in [0.29, 0.717) is 0 Å². The molecule has 0 aliphatic heterocycles. The van der Waals surface area contributed by atoms with Crippen molar-refractivity contribution < 1.29 is 4.42 Å². The Morgan fingerprint density at radius 3 is 2.88 bits per heavy atom. The average molecular weight is 219 g/mol. The summed E-state index contributed by atoms with van der Waals surface area (Å²) in [7, 11) is 0. The highest BCUT2D eigenvalue weighted by atomic mass is 16.3. The van der Waals surface area contributed by atoms with Crippen LogP contribution in [0.2, 0.25) is 0 Å². The Balaban J connectivity index is 2.04. The van der Waals surface area contributed by atoms with Crippen LogP contribution in [-0.4, -0.2) is 9.78 Å². The summed E-state index contributed by atoms with van der Waals surface area (Å²) >= 11 is 0. The van der Waals surface area contributed by atoms with Gasteiger partial charge in [-0.15, -0.1) is 0 Å². The molecule has 0 aliphatic rings. The van der Waals surface area contributed by atoms with E-state index in [2.05, 4.69) is 24.3 Å². The lowest BCUT2D eigenvalue weighted by Gasteiger charge is -2.10. The molecule has 2 aromatic heterocycles. The number of aromatic nitrogens is 2. The monoisotopic (exact) mass is 219 g/mol. The minimum atomic E-state index is 0.156. The van der Waals surface area contributed by atoms with E-state index < -0.39 is 0 Å². The molecule has 0 bridgehead atoms. The summed E-state index contributed by atoms with van der Waals surface area (Å²) < 4.78 is 7.45. The summed E-state index contributed by atoms with van der Waals surface area (Å²) in [4.78, 5) is 0. The van der Waals surface area contributed by atoms with Gasteiger partial charge in [0.1, 0.15) is 11.5 Å². The SMILES string of the molecule is CCn1cc(NC(C)c2ccc(C)o2)cn1. The van der Waals surface area contributed by atoms with Crippen LogP contribution in [0.4, 0.5) is 5.69 Å². The van der Waals surface area contributed by atoms with Gasteiger partial charge in [-0.3, -0.25) is 4.68 Å². The number of hydrogen-bond acceptors (Lipinski definition) is 3. The number of furan rings is 1. The first kappa shape index (κ1) is 10.8. The van der Waals surface area contributed by atoms with Gasteiger partial charge in [-0.25, -0.2) is 0 Å². The molecule has 0 saturated carbocycles. The first-order valence-corrected chi connectivity index (χ1v) is 5.54. The largest absolute Gasteiger partial charge is 0.464 e. The Morgan fingerprint density at radius 2 is 2.31 bits per heavy atom. The molecule has 2 heterocycles. The van der Waals surface area contributed by atoms with E-state index in [1.807, 2.05) is 36.1 Å². The highest BCUT2D eigenvalue weighted by Gasteiger charge is 2.09. The second kappa shape index (κ2) is 4.43. The Hall–Kier alpha value is -1.71. The van der Waals surface area contributed by atoms with Gasteiger partial charge in [0, 0.05) is 12.7 Å². The molecule has 4 heteroatoms. The Morgan fingerprint density at radius 1 is 1.50 bits per heavy atom. The molecular weight excluding hydrogens is 202 g/mol. The van der Waals surface area contributed by atoms with E-state index in [9.17, 15) is 0 Å². The third-order valence-corrected chi connectivity index (χ3v) is 2.53. The molecule has 0 aromatic carbocycles. The van der Waals surface area contributed by atoms with Crippen molar-refractivity contribution in [3.63, 3.8) is 0 Å². The number of rotatable bonds is 4. The van der Waals surface area contributed by atoms with Crippen molar-refractivity contribution >= 4 is 5.69 Å². The van der Waals surface area contributed by atoms with Gasteiger partial charge in [0.05, 0.1) is 17.9 Å². The van der Waals surface area contributed by atoms with E-state index in [-0.39, 0.29) is 6.04 Å². The van der Waals surface area contributed by atoms with Crippen LogP contribution in [0.1, 0.15) is 31.4 Å². The van der Waals surface area contributed by atoms with Gasteiger partial charge in [0.2, 0.25) is 0 Å². The molecule has 0 fully saturated rings. The van der Waals surface area contributed by atoms with Crippen molar-refractivity contribution in [2.24, 2.45) is 0 Å². The van der Waals surface area contributed by atoms with Crippen molar-refractivity contribution in [3.05, 3.63) is 36.0 Å². The van der Waals surface area contributed by atoms with Gasteiger partial charge in [-0.2, -0.15) is 5.10 Å². The van der Waals surface area contributed by atoms with E-state index in [0.717, 1.165) is 23.8 Å². The van der Waals surface area contributed by atoms with Crippen molar-refractivity contribution in [2.75, 3.05) is 5.32 Å². The predicted molar refractivity (Wildman–Crippen MR) is 63.4 cm³/mol. The molecule has 0 spiro atoms. The molecular formula is C12H17N3O. The highest BCUT2D eigenvalue weighted by molar-refractivity contribution is 5.40. The number of aryl methyl sites for hydroxylation is 2. The van der Waals surface area contributed by atoms with Crippen molar-refractivity contribution in [3.8, 4) is 0 Å². The molecule has 1 atom stereocenters. The fourth-order valence-electron chi connectivity index (χ4n) is 1.62. The first-order chi connectivity index (χ1) is 7.69. The minimum absolute atomic E-state index is 0.156. The highest BCUT2D eigenvalue weighted by Crippen LogP contribution is 2.20. The zero-order chi connectivity index (χ0) is 11.5. The molecule has 1 N–H and O–H groups in total. The number of anilines is 1. The van der Waals surface area contributed by atoms with E-state index in [1.54, 1.807) is 0 Å². The third-order valence-electron chi connectivity index (χ3n) is 2.53. The van der Waals surface area contributed by atoms with Crippen LogP contribution in [0.5, 0.6) is 0 Å². The minimum Gasteiger partial charge on any atom is -0.464 e. The van der Waals surface area contributed by atoms with Crippen molar-refractivity contribution in [1.82, 2.24) is 9.78 Å². The lowest BCUT2D eigenvalue weighted by atomic mass is 10.2. The van der Waals surface area contributed by atoms with Crippen LogP contribution in [-0.2, 0) is 6.54 Å². The van der Waals surface area contributed by atoms with Gasteiger partial charge in [0.15, 0.2) is 0 Å². The lowest BCUT2D eigenvalue weighted by molar-refractivity contribution is 0.467. The number of nitrogens with zero attached hydrogens (tertiary/aromatic N) is 2. The topological polar surface area (TPSA) is 43.0 Å². The fraction of sp³-hybridized carbons (Fsp3) is 0.417. The molecule has 4 nitrogen and oxygen atoms in total. The smallest absolute Gasteiger partial charge is 0.126 e.